The summed E-state index contributed by atoms with van der Waals surface area (Å²) in [4.78, 5) is 15.9. The Morgan fingerprint density at radius 1 is 1.42 bits per heavy atom. The molecule has 1 aromatic heterocycles. The van der Waals surface area contributed by atoms with Gasteiger partial charge in [0, 0.05) is 7.05 Å². The Hall–Kier alpha value is -1.43. The van der Waals surface area contributed by atoms with Crippen molar-refractivity contribution in [3.8, 4) is 0 Å². The Morgan fingerprint density at radius 2 is 2.05 bits per heavy atom. The predicted molar refractivity (Wildman–Crippen MR) is 72.2 cm³/mol. The van der Waals surface area contributed by atoms with Gasteiger partial charge in [0.05, 0.1) is 18.6 Å². The van der Waals surface area contributed by atoms with Gasteiger partial charge >= 0.3 is 0 Å². The Labute approximate surface area is 114 Å². The van der Waals surface area contributed by atoms with Crippen molar-refractivity contribution < 1.29 is 9.90 Å². The van der Waals surface area contributed by atoms with Gasteiger partial charge < -0.3 is 10.4 Å². The van der Waals surface area contributed by atoms with Crippen LogP contribution in [0.4, 0.5) is 0 Å². The van der Waals surface area contributed by atoms with Gasteiger partial charge in [0.25, 0.3) is 0 Å². The van der Waals surface area contributed by atoms with Gasteiger partial charge in [-0.3, -0.25) is 9.48 Å². The second-order valence-corrected chi connectivity index (χ2v) is 5.01. The first-order chi connectivity index (χ1) is 8.99. The lowest BCUT2D eigenvalue weighted by Gasteiger charge is -2.26. The van der Waals surface area contributed by atoms with Crippen molar-refractivity contribution in [2.45, 2.75) is 58.1 Å². The van der Waals surface area contributed by atoms with Crippen molar-refractivity contribution in [2.75, 3.05) is 0 Å². The Balaban J connectivity index is 2.44. The number of carbonyl (C=O) groups excluding carboxylic acids is 1. The number of rotatable bonds is 8. The molecule has 108 valence electrons. The highest BCUT2D eigenvalue weighted by Crippen LogP contribution is 2.23. The van der Waals surface area contributed by atoms with Gasteiger partial charge in [0.15, 0.2) is 5.82 Å². The van der Waals surface area contributed by atoms with E-state index in [1.54, 1.807) is 18.1 Å². The average Bonchev–Trinajstić information content (AvgIpc) is 2.73. The maximum Gasteiger partial charge on any atom is 0.223 e. The van der Waals surface area contributed by atoms with E-state index in [4.69, 9.17) is 0 Å². The van der Waals surface area contributed by atoms with Gasteiger partial charge in [-0.1, -0.05) is 26.7 Å². The molecule has 1 rings (SSSR count). The minimum Gasteiger partial charge on any atom is -0.389 e. The normalized spacial score (nSPS) is 11.6. The first kappa shape index (κ1) is 15.6. The fraction of sp³-hybridized carbons (Fsp3) is 0.769. The molecule has 0 atom stereocenters. The van der Waals surface area contributed by atoms with Crippen LogP contribution in [-0.4, -0.2) is 31.4 Å². The molecule has 1 aromatic rings. The van der Waals surface area contributed by atoms with Crippen LogP contribution in [0.15, 0.2) is 6.33 Å². The minimum atomic E-state index is -0.884. The van der Waals surface area contributed by atoms with Crippen LogP contribution in [0.25, 0.3) is 0 Å². The molecule has 19 heavy (non-hydrogen) atoms. The van der Waals surface area contributed by atoms with Gasteiger partial charge in [0.1, 0.15) is 6.33 Å². The lowest BCUT2D eigenvalue weighted by Crippen LogP contribution is -2.36. The molecule has 0 aromatic carbocycles. The molecule has 0 radical (unpaired) electrons. The number of carbonyl (C=O) groups is 1. The fourth-order valence-corrected chi connectivity index (χ4v) is 2.24. The summed E-state index contributed by atoms with van der Waals surface area (Å²) in [5, 5.41) is 17.2. The zero-order chi connectivity index (χ0) is 14.3. The van der Waals surface area contributed by atoms with Crippen LogP contribution >= 0.6 is 0 Å². The highest BCUT2D eigenvalue weighted by molar-refractivity contribution is 5.76. The van der Waals surface area contributed by atoms with Crippen molar-refractivity contribution in [3.05, 3.63) is 12.2 Å². The third kappa shape index (κ3) is 5.38. The number of nitrogens with one attached hydrogen (secondary N) is 1. The third-order valence-electron chi connectivity index (χ3n) is 3.01. The molecule has 0 aliphatic heterocycles. The van der Waals surface area contributed by atoms with Crippen LogP contribution in [0.5, 0.6) is 0 Å². The monoisotopic (exact) mass is 268 g/mol. The number of aliphatic hydroxyl groups is 1. The molecular weight excluding hydrogens is 244 g/mol. The van der Waals surface area contributed by atoms with E-state index in [0.717, 1.165) is 12.8 Å². The molecule has 6 nitrogen and oxygen atoms in total. The number of aromatic nitrogens is 3. The standard InChI is InChI=1S/C13H24N4O2/c1-4-6-13(19,7-5-2)8-12(18)14-9-11-15-10-17(3)16-11/h10,19H,4-9H2,1-3H3,(H,14,18). The summed E-state index contributed by atoms with van der Waals surface area (Å²) < 4.78 is 1.59. The molecule has 1 heterocycles. The van der Waals surface area contributed by atoms with Crippen molar-refractivity contribution in [2.24, 2.45) is 7.05 Å². The van der Waals surface area contributed by atoms with Crippen LogP contribution in [-0.2, 0) is 18.4 Å². The molecule has 0 spiro atoms. The van der Waals surface area contributed by atoms with E-state index in [1.165, 1.54) is 0 Å². The van der Waals surface area contributed by atoms with Crippen LogP contribution in [0.3, 0.4) is 0 Å². The van der Waals surface area contributed by atoms with E-state index >= 15 is 0 Å². The number of aryl methyl sites for hydroxylation is 1. The zero-order valence-electron chi connectivity index (χ0n) is 12.0. The van der Waals surface area contributed by atoms with E-state index in [9.17, 15) is 9.90 Å². The molecule has 0 aliphatic rings. The molecular formula is C13H24N4O2. The summed E-state index contributed by atoms with van der Waals surface area (Å²) in [5.74, 6) is 0.419. The first-order valence-corrected chi connectivity index (χ1v) is 6.82. The highest BCUT2D eigenvalue weighted by atomic mass is 16.3. The maximum atomic E-state index is 11.9. The van der Waals surface area contributed by atoms with E-state index in [0.29, 0.717) is 25.2 Å². The SMILES string of the molecule is CCCC(O)(CCC)CC(=O)NCc1ncn(C)n1. The lowest BCUT2D eigenvalue weighted by molar-refractivity contribution is -0.127. The van der Waals surface area contributed by atoms with Crippen molar-refractivity contribution in [3.63, 3.8) is 0 Å². The smallest absolute Gasteiger partial charge is 0.223 e. The summed E-state index contributed by atoms with van der Waals surface area (Å²) in [7, 11) is 1.78. The van der Waals surface area contributed by atoms with Crippen molar-refractivity contribution in [1.29, 1.82) is 0 Å². The largest absolute Gasteiger partial charge is 0.389 e. The van der Waals surface area contributed by atoms with E-state index in [1.807, 2.05) is 13.8 Å². The number of hydrogen-bond acceptors (Lipinski definition) is 4. The molecule has 0 saturated carbocycles. The van der Waals surface area contributed by atoms with Crippen molar-refractivity contribution in [1.82, 2.24) is 20.1 Å². The van der Waals surface area contributed by atoms with Crippen LogP contribution < -0.4 is 5.32 Å². The number of amides is 1. The van der Waals surface area contributed by atoms with E-state index < -0.39 is 5.60 Å². The third-order valence-corrected chi connectivity index (χ3v) is 3.01. The molecule has 6 heteroatoms. The quantitative estimate of drug-likeness (QED) is 0.741. The van der Waals surface area contributed by atoms with Gasteiger partial charge in [-0.2, -0.15) is 5.10 Å². The second-order valence-electron chi connectivity index (χ2n) is 5.01. The van der Waals surface area contributed by atoms with Gasteiger partial charge in [-0.05, 0) is 12.8 Å². The summed E-state index contributed by atoms with van der Waals surface area (Å²) in [6.07, 6.45) is 4.76. The Kier molecular flexibility index (Phi) is 5.95. The fourth-order valence-electron chi connectivity index (χ4n) is 2.24. The van der Waals surface area contributed by atoms with E-state index in [2.05, 4.69) is 15.4 Å². The lowest BCUT2D eigenvalue weighted by atomic mass is 9.89. The summed E-state index contributed by atoms with van der Waals surface area (Å²) in [5.41, 5.74) is -0.884. The van der Waals surface area contributed by atoms with E-state index in [-0.39, 0.29) is 12.3 Å². The molecule has 0 saturated heterocycles. The number of nitrogens with zero attached hydrogens (tertiary/aromatic N) is 3. The first-order valence-electron chi connectivity index (χ1n) is 6.82. The molecule has 0 aliphatic carbocycles. The zero-order valence-corrected chi connectivity index (χ0v) is 12.0. The molecule has 0 unspecified atom stereocenters. The van der Waals surface area contributed by atoms with Crippen LogP contribution in [0.2, 0.25) is 0 Å². The van der Waals surface area contributed by atoms with Crippen LogP contribution in [0.1, 0.15) is 51.8 Å². The topological polar surface area (TPSA) is 80.0 Å². The molecule has 0 fully saturated rings. The maximum absolute atomic E-state index is 11.9. The summed E-state index contributed by atoms with van der Waals surface area (Å²) in [6, 6.07) is 0. The average molecular weight is 268 g/mol. The molecule has 2 N–H and O–H groups in total. The van der Waals surface area contributed by atoms with Gasteiger partial charge in [-0.25, -0.2) is 4.98 Å². The number of hydrogen-bond donors (Lipinski definition) is 2. The molecule has 0 bridgehead atoms. The Morgan fingerprint density at radius 3 is 2.53 bits per heavy atom. The van der Waals surface area contributed by atoms with Crippen molar-refractivity contribution >= 4 is 5.91 Å². The second kappa shape index (κ2) is 7.23. The van der Waals surface area contributed by atoms with Crippen LogP contribution in [0, 0.1) is 0 Å². The summed E-state index contributed by atoms with van der Waals surface area (Å²) in [6.45, 7) is 4.32. The van der Waals surface area contributed by atoms with Gasteiger partial charge in [-0.15, -0.1) is 0 Å². The predicted octanol–water partition coefficient (Wildman–Crippen LogP) is 1.15. The molecule has 1 amide bonds. The summed E-state index contributed by atoms with van der Waals surface area (Å²) >= 11 is 0. The minimum absolute atomic E-state index is 0.140. The highest BCUT2D eigenvalue weighted by Gasteiger charge is 2.28. The Bertz CT molecular complexity index is 397. The van der Waals surface area contributed by atoms with Gasteiger partial charge in [0.2, 0.25) is 5.91 Å².